The second-order valence-electron chi connectivity index (χ2n) is 3.05. The van der Waals surface area contributed by atoms with Gasteiger partial charge >= 0.3 is 0 Å². The standard InChI is InChI=1S/C10H10F2O/c1-5-4-8(11)10(12)6(2)9(5)7(3)13/h4H,1-3H3. The molecule has 0 fully saturated rings. The van der Waals surface area contributed by atoms with Crippen molar-refractivity contribution in [2.45, 2.75) is 20.8 Å². The smallest absolute Gasteiger partial charge is 0.162 e. The third-order valence-electron chi connectivity index (χ3n) is 2.00. The third-order valence-corrected chi connectivity index (χ3v) is 2.00. The van der Waals surface area contributed by atoms with Crippen molar-refractivity contribution in [3.63, 3.8) is 0 Å². The van der Waals surface area contributed by atoms with E-state index in [-0.39, 0.29) is 16.9 Å². The molecule has 0 unspecified atom stereocenters. The molecule has 13 heavy (non-hydrogen) atoms. The zero-order chi connectivity index (χ0) is 10.2. The molecule has 70 valence electrons. The van der Waals surface area contributed by atoms with Gasteiger partial charge in [0.15, 0.2) is 17.4 Å². The van der Waals surface area contributed by atoms with Crippen LogP contribution in [0.2, 0.25) is 0 Å². The predicted octanol–water partition coefficient (Wildman–Crippen LogP) is 2.78. The number of carbonyl (C=O) groups excluding carboxylic acids is 1. The molecule has 0 N–H and O–H groups in total. The van der Waals surface area contributed by atoms with Crippen LogP contribution in [-0.4, -0.2) is 5.78 Å². The van der Waals surface area contributed by atoms with E-state index in [1.807, 2.05) is 0 Å². The summed E-state index contributed by atoms with van der Waals surface area (Å²) in [5, 5.41) is 0. The lowest BCUT2D eigenvalue weighted by atomic mass is 9.99. The van der Waals surface area contributed by atoms with Crippen molar-refractivity contribution in [1.82, 2.24) is 0 Å². The van der Waals surface area contributed by atoms with Crippen LogP contribution in [0.3, 0.4) is 0 Å². The number of hydrogen-bond acceptors (Lipinski definition) is 1. The summed E-state index contributed by atoms with van der Waals surface area (Å²) in [4.78, 5) is 11.1. The minimum absolute atomic E-state index is 0.0880. The molecular weight excluding hydrogens is 174 g/mol. The summed E-state index contributed by atoms with van der Waals surface area (Å²) in [5.41, 5.74) is 0.841. The number of aryl methyl sites for hydroxylation is 1. The van der Waals surface area contributed by atoms with Crippen LogP contribution in [0, 0.1) is 25.5 Å². The molecule has 0 atom stereocenters. The van der Waals surface area contributed by atoms with Crippen molar-refractivity contribution in [3.8, 4) is 0 Å². The summed E-state index contributed by atoms with van der Waals surface area (Å²) in [6.45, 7) is 4.33. The largest absolute Gasteiger partial charge is 0.294 e. The van der Waals surface area contributed by atoms with Crippen LogP contribution in [-0.2, 0) is 0 Å². The Labute approximate surface area is 75.4 Å². The molecule has 0 heterocycles. The molecule has 0 spiro atoms. The van der Waals surface area contributed by atoms with Gasteiger partial charge in [0, 0.05) is 5.56 Å². The number of benzene rings is 1. The highest BCUT2D eigenvalue weighted by Crippen LogP contribution is 2.20. The van der Waals surface area contributed by atoms with E-state index in [4.69, 9.17) is 0 Å². The normalized spacial score (nSPS) is 10.2. The summed E-state index contributed by atoms with van der Waals surface area (Å²) in [6.07, 6.45) is 0. The summed E-state index contributed by atoms with van der Waals surface area (Å²) in [6, 6.07) is 1.04. The third kappa shape index (κ3) is 1.59. The van der Waals surface area contributed by atoms with Gasteiger partial charge in [0.2, 0.25) is 0 Å². The molecule has 0 aliphatic heterocycles. The lowest BCUT2D eigenvalue weighted by Gasteiger charge is -2.07. The van der Waals surface area contributed by atoms with E-state index in [0.29, 0.717) is 5.56 Å². The molecule has 0 aliphatic carbocycles. The molecule has 0 saturated carbocycles. The van der Waals surface area contributed by atoms with Crippen molar-refractivity contribution >= 4 is 5.78 Å². The Morgan fingerprint density at radius 3 is 2.31 bits per heavy atom. The molecule has 0 radical (unpaired) electrons. The number of rotatable bonds is 1. The second-order valence-corrected chi connectivity index (χ2v) is 3.05. The SMILES string of the molecule is CC(=O)c1c(C)cc(F)c(F)c1C. The Bertz CT molecular complexity index is 370. The minimum atomic E-state index is -0.934. The van der Waals surface area contributed by atoms with Crippen LogP contribution >= 0.6 is 0 Å². The fourth-order valence-electron chi connectivity index (χ4n) is 1.45. The summed E-state index contributed by atoms with van der Waals surface area (Å²) in [5.74, 6) is -2.08. The maximum atomic E-state index is 13.0. The van der Waals surface area contributed by atoms with Gasteiger partial charge < -0.3 is 0 Å². The van der Waals surface area contributed by atoms with Crippen molar-refractivity contribution in [3.05, 3.63) is 34.4 Å². The van der Waals surface area contributed by atoms with Gasteiger partial charge in [0.05, 0.1) is 0 Å². The molecule has 0 saturated heterocycles. The predicted molar refractivity (Wildman–Crippen MR) is 45.8 cm³/mol. The first-order chi connectivity index (χ1) is 5.95. The van der Waals surface area contributed by atoms with Crippen LogP contribution in [0.5, 0.6) is 0 Å². The fraction of sp³-hybridized carbons (Fsp3) is 0.300. The van der Waals surface area contributed by atoms with Crippen LogP contribution in [0.4, 0.5) is 8.78 Å². The Balaban J connectivity index is 3.53. The molecule has 3 heteroatoms. The summed E-state index contributed by atoms with van der Waals surface area (Å²) in [7, 11) is 0. The van der Waals surface area contributed by atoms with Crippen molar-refractivity contribution in [1.29, 1.82) is 0 Å². The monoisotopic (exact) mass is 184 g/mol. The maximum absolute atomic E-state index is 13.0. The molecule has 0 amide bonds. The van der Waals surface area contributed by atoms with E-state index in [9.17, 15) is 13.6 Å². The van der Waals surface area contributed by atoms with E-state index in [0.717, 1.165) is 6.07 Å². The van der Waals surface area contributed by atoms with E-state index in [1.165, 1.54) is 13.8 Å². The van der Waals surface area contributed by atoms with Crippen LogP contribution in [0.1, 0.15) is 28.4 Å². The molecule has 1 aromatic rings. The zero-order valence-electron chi connectivity index (χ0n) is 7.74. The second kappa shape index (κ2) is 3.24. The summed E-state index contributed by atoms with van der Waals surface area (Å²) < 4.78 is 25.8. The van der Waals surface area contributed by atoms with E-state index >= 15 is 0 Å². The molecule has 0 aliphatic rings. The zero-order valence-corrected chi connectivity index (χ0v) is 7.74. The van der Waals surface area contributed by atoms with Gasteiger partial charge in [-0.1, -0.05) is 0 Å². The van der Waals surface area contributed by atoms with Gasteiger partial charge in [-0.2, -0.15) is 0 Å². The van der Waals surface area contributed by atoms with Crippen molar-refractivity contribution in [2.24, 2.45) is 0 Å². The van der Waals surface area contributed by atoms with E-state index in [2.05, 4.69) is 0 Å². The minimum Gasteiger partial charge on any atom is -0.294 e. The van der Waals surface area contributed by atoms with Crippen LogP contribution in [0.15, 0.2) is 6.07 Å². The number of hydrogen-bond donors (Lipinski definition) is 0. The van der Waals surface area contributed by atoms with Gasteiger partial charge in [-0.25, -0.2) is 8.78 Å². The topological polar surface area (TPSA) is 17.1 Å². The lowest BCUT2D eigenvalue weighted by Crippen LogP contribution is -2.04. The molecule has 0 aromatic heterocycles. The van der Waals surface area contributed by atoms with Gasteiger partial charge in [0.25, 0.3) is 0 Å². The number of halogens is 2. The molecule has 1 nitrogen and oxygen atoms in total. The maximum Gasteiger partial charge on any atom is 0.162 e. The Hall–Kier alpha value is -1.25. The van der Waals surface area contributed by atoms with Crippen molar-refractivity contribution < 1.29 is 13.6 Å². The quantitative estimate of drug-likeness (QED) is 0.613. The number of ketones is 1. The van der Waals surface area contributed by atoms with Gasteiger partial charge in [-0.05, 0) is 38.0 Å². The Morgan fingerprint density at radius 2 is 1.85 bits per heavy atom. The van der Waals surface area contributed by atoms with Gasteiger partial charge in [-0.15, -0.1) is 0 Å². The first-order valence-electron chi connectivity index (χ1n) is 3.91. The van der Waals surface area contributed by atoms with Gasteiger partial charge in [-0.3, -0.25) is 4.79 Å². The highest BCUT2D eigenvalue weighted by Gasteiger charge is 2.15. The number of carbonyl (C=O) groups is 1. The Kier molecular flexibility index (Phi) is 2.45. The highest BCUT2D eigenvalue weighted by atomic mass is 19.2. The van der Waals surface area contributed by atoms with Gasteiger partial charge in [0.1, 0.15) is 0 Å². The highest BCUT2D eigenvalue weighted by molar-refractivity contribution is 5.96. The molecule has 0 bridgehead atoms. The van der Waals surface area contributed by atoms with Crippen molar-refractivity contribution in [2.75, 3.05) is 0 Å². The molecular formula is C10H10F2O. The molecule has 1 aromatic carbocycles. The number of Topliss-reactive ketones (excluding diaryl/α,β-unsaturated/α-hetero) is 1. The van der Waals surface area contributed by atoms with E-state index < -0.39 is 11.6 Å². The average Bonchev–Trinajstić information content (AvgIpc) is 1.99. The summed E-state index contributed by atoms with van der Waals surface area (Å²) >= 11 is 0. The first-order valence-corrected chi connectivity index (χ1v) is 3.91. The lowest BCUT2D eigenvalue weighted by molar-refractivity contribution is 0.101. The first kappa shape index (κ1) is 9.84. The molecule has 1 rings (SSSR count). The Morgan fingerprint density at radius 1 is 1.31 bits per heavy atom. The van der Waals surface area contributed by atoms with Crippen LogP contribution in [0.25, 0.3) is 0 Å². The average molecular weight is 184 g/mol. The van der Waals surface area contributed by atoms with E-state index in [1.54, 1.807) is 6.92 Å². The fourth-order valence-corrected chi connectivity index (χ4v) is 1.45. The van der Waals surface area contributed by atoms with Crippen LogP contribution < -0.4 is 0 Å².